The summed E-state index contributed by atoms with van der Waals surface area (Å²) < 4.78 is 2.38. The molecular weight excluding hydrogens is 395 g/mol. The Balaban J connectivity index is 0.00000135. The minimum Gasteiger partial charge on any atom is -1.00 e. The van der Waals surface area contributed by atoms with E-state index in [0.717, 1.165) is 6.67 Å². The van der Waals surface area contributed by atoms with Crippen molar-refractivity contribution >= 4 is 28.7 Å². The number of fused-ring (bicyclic) bond motifs is 6. The van der Waals surface area contributed by atoms with Crippen LogP contribution in [0, 0.1) is 0 Å². The molecule has 0 saturated heterocycles. The van der Waals surface area contributed by atoms with Crippen molar-refractivity contribution in [1.82, 2.24) is 0 Å². The van der Waals surface area contributed by atoms with Crippen LogP contribution >= 0.6 is 0 Å². The molecule has 1 aromatic heterocycles. The lowest BCUT2D eigenvalue weighted by Crippen LogP contribution is -3.00. The molecule has 0 fully saturated rings. The number of hydrogen-bond acceptors (Lipinski definition) is 1. The number of anilines is 1. The Morgan fingerprint density at radius 3 is 2.61 bits per heavy atom. The lowest BCUT2D eigenvalue weighted by atomic mass is 10.0. The lowest BCUT2D eigenvalue weighted by Gasteiger charge is -2.30. The van der Waals surface area contributed by atoms with Crippen LogP contribution in [-0.2, 0) is 6.67 Å². The van der Waals surface area contributed by atoms with E-state index < -0.39 is 0 Å². The molecule has 0 spiro atoms. The zero-order valence-corrected chi connectivity index (χ0v) is 14.6. The van der Waals surface area contributed by atoms with Gasteiger partial charge in [0.25, 0.3) is 0 Å². The van der Waals surface area contributed by atoms with Crippen LogP contribution < -0.4 is 33.4 Å². The van der Waals surface area contributed by atoms with Gasteiger partial charge in [-0.05, 0) is 29.8 Å². The first-order valence-corrected chi connectivity index (χ1v) is 7.58. The van der Waals surface area contributed by atoms with Gasteiger partial charge in [-0.25, -0.2) is 0 Å². The molecule has 23 heavy (non-hydrogen) atoms. The van der Waals surface area contributed by atoms with Gasteiger partial charge in [-0.1, -0.05) is 36.4 Å². The Bertz CT molecular complexity index is 972. The molecule has 2 aliphatic rings. The van der Waals surface area contributed by atoms with Gasteiger partial charge in [-0.2, -0.15) is 4.57 Å². The predicted molar refractivity (Wildman–Crippen MR) is 90.1 cm³/mol. The molecule has 0 saturated carbocycles. The van der Waals surface area contributed by atoms with E-state index in [4.69, 9.17) is 0 Å². The maximum Gasteiger partial charge on any atom is 0.229 e. The first-order valence-electron chi connectivity index (χ1n) is 7.58. The normalized spacial score (nSPS) is 14.4. The Morgan fingerprint density at radius 1 is 0.826 bits per heavy atom. The second-order valence-corrected chi connectivity index (χ2v) is 5.78. The smallest absolute Gasteiger partial charge is 0.229 e. The summed E-state index contributed by atoms with van der Waals surface area (Å²) >= 11 is 0. The molecule has 2 aliphatic heterocycles. The van der Waals surface area contributed by atoms with Crippen LogP contribution in [0.1, 0.15) is 11.3 Å². The van der Waals surface area contributed by atoms with E-state index in [2.05, 4.69) is 88.4 Å². The summed E-state index contributed by atoms with van der Waals surface area (Å²) in [6.45, 7) is 0.851. The van der Waals surface area contributed by atoms with Crippen molar-refractivity contribution in [2.75, 3.05) is 4.90 Å². The van der Waals surface area contributed by atoms with Gasteiger partial charge in [0.15, 0.2) is 0 Å². The Kier molecular flexibility index (Phi) is 3.45. The molecule has 0 radical (unpaired) electrons. The summed E-state index contributed by atoms with van der Waals surface area (Å²) in [7, 11) is 0. The lowest BCUT2D eigenvalue weighted by molar-refractivity contribution is -0.673. The monoisotopic (exact) mass is 410 g/mol. The molecular formula is C20H15IN2. The highest BCUT2D eigenvalue weighted by Gasteiger charge is 2.28. The van der Waals surface area contributed by atoms with E-state index in [1.54, 1.807) is 0 Å². The first-order chi connectivity index (χ1) is 10.9. The molecule has 0 bridgehead atoms. The maximum absolute atomic E-state index is 2.38. The van der Waals surface area contributed by atoms with E-state index >= 15 is 0 Å². The highest BCUT2D eigenvalue weighted by atomic mass is 127. The summed E-state index contributed by atoms with van der Waals surface area (Å²) in [6, 6.07) is 21.6. The van der Waals surface area contributed by atoms with Crippen molar-refractivity contribution < 1.29 is 28.5 Å². The fourth-order valence-electron chi connectivity index (χ4n) is 3.42. The molecule has 3 heteroatoms. The van der Waals surface area contributed by atoms with Crippen molar-refractivity contribution in [3.63, 3.8) is 0 Å². The fourth-order valence-corrected chi connectivity index (χ4v) is 3.42. The number of hydrogen-bond donors (Lipinski definition) is 0. The molecule has 0 unspecified atom stereocenters. The zero-order valence-electron chi connectivity index (χ0n) is 12.5. The second-order valence-electron chi connectivity index (χ2n) is 5.78. The molecule has 3 aromatic rings. The van der Waals surface area contributed by atoms with Gasteiger partial charge in [-0.15, -0.1) is 0 Å². The molecule has 5 rings (SSSR count). The zero-order chi connectivity index (χ0) is 14.5. The average molecular weight is 410 g/mol. The predicted octanol–water partition coefficient (Wildman–Crippen LogP) is 0.977. The third-order valence-corrected chi connectivity index (χ3v) is 4.52. The molecule has 112 valence electrons. The molecule has 0 atom stereocenters. The number of aromatic nitrogens is 1. The first kappa shape index (κ1) is 14.5. The van der Waals surface area contributed by atoms with Crippen LogP contribution in [0.4, 0.5) is 5.69 Å². The van der Waals surface area contributed by atoms with Gasteiger partial charge in [0.05, 0.1) is 11.4 Å². The fraction of sp³-hybridized carbons (Fsp3) is 0.0500. The summed E-state index contributed by atoms with van der Waals surface area (Å²) in [5, 5.41) is 1.28. The van der Waals surface area contributed by atoms with Crippen LogP contribution in [0.3, 0.4) is 0 Å². The summed E-state index contributed by atoms with van der Waals surface area (Å²) in [4.78, 5) is 2.38. The second kappa shape index (κ2) is 5.49. The molecule has 2 nitrogen and oxygen atoms in total. The van der Waals surface area contributed by atoms with E-state index in [0.29, 0.717) is 0 Å². The van der Waals surface area contributed by atoms with Crippen molar-refractivity contribution in [3.05, 3.63) is 83.7 Å². The number of benzene rings is 2. The largest absolute Gasteiger partial charge is 1.00 e. The van der Waals surface area contributed by atoms with Gasteiger partial charge in [0.2, 0.25) is 17.9 Å². The van der Waals surface area contributed by atoms with E-state index in [-0.39, 0.29) is 24.0 Å². The highest BCUT2D eigenvalue weighted by Crippen LogP contribution is 2.33. The number of para-hydroxylation sites is 2. The standard InChI is InChI=1S/C20H15N2.HI/c1-3-7-19-15(5-1)9-11-17-13-18-12-10-16-6-2-4-8-20(16)22(18)14-21(17)19;/h1-13H,14H2;1H/q+1;/p-1. The number of halogens is 1. The van der Waals surface area contributed by atoms with Gasteiger partial charge >= 0.3 is 0 Å². The highest BCUT2D eigenvalue weighted by molar-refractivity contribution is 5.81. The van der Waals surface area contributed by atoms with Gasteiger partial charge < -0.3 is 24.0 Å². The maximum atomic E-state index is 2.38. The molecule has 0 amide bonds. The van der Waals surface area contributed by atoms with Gasteiger partial charge in [0, 0.05) is 23.6 Å². The van der Waals surface area contributed by atoms with Crippen LogP contribution in [0.25, 0.3) is 23.1 Å². The van der Waals surface area contributed by atoms with Crippen LogP contribution in [0.2, 0.25) is 0 Å². The number of nitrogens with zero attached hydrogens (tertiary/aromatic N) is 2. The third kappa shape index (κ3) is 2.18. The van der Waals surface area contributed by atoms with Crippen molar-refractivity contribution in [1.29, 1.82) is 0 Å². The van der Waals surface area contributed by atoms with Crippen LogP contribution in [-0.4, -0.2) is 0 Å². The van der Waals surface area contributed by atoms with Gasteiger partial charge in [-0.3, -0.25) is 4.90 Å². The van der Waals surface area contributed by atoms with Crippen LogP contribution in [0.15, 0.2) is 72.4 Å². The number of allylic oxidation sites excluding steroid dienone is 1. The molecule has 2 aromatic carbocycles. The molecule has 0 N–H and O–H groups in total. The molecule has 0 aliphatic carbocycles. The minimum absolute atomic E-state index is 0. The van der Waals surface area contributed by atoms with Crippen molar-refractivity contribution in [3.8, 4) is 0 Å². The minimum atomic E-state index is 0. The number of pyridine rings is 1. The van der Waals surface area contributed by atoms with E-state index in [1.165, 1.54) is 33.5 Å². The third-order valence-electron chi connectivity index (χ3n) is 4.52. The Labute approximate surface area is 152 Å². The quantitative estimate of drug-likeness (QED) is 0.396. The van der Waals surface area contributed by atoms with Crippen molar-refractivity contribution in [2.45, 2.75) is 6.67 Å². The van der Waals surface area contributed by atoms with Gasteiger partial charge in [0.1, 0.15) is 0 Å². The van der Waals surface area contributed by atoms with Crippen LogP contribution in [0.5, 0.6) is 0 Å². The Hall–Kier alpha value is -2.14. The van der Waals surface area contributed by atoms with E-state index in [9.17, 15) is 0 Å². The number of rotatable bonds is 0. The Morgan fingerprint density at radius 2 is 1.65 bits per heavy atom. The summed E-state index contributed by atoms with van der Waals surface area (Å²) in [5.41, 5.74) is 6.36. The SMILES string of the molecule is C1=Cc2ccccc2N2C[n+]3c(ccc4ccccc43)C=C12.[I-]. The van der Waals surface area contributed by atoms with E-state index in [1.807, 2.05) is 0 Å². The molecule has 3 heterocycles. The summed E-state index contributed by atoms with van der Waals surface area (Å²) in [6.07, 6.45) is 6.68. The topological polar surface area (TPSA) is 7.12 Å². The van der Waals surface area contributed by atoms with Crippen molar-refractivity contribution in [2.24, 2.45) is 0 Å². The average Bonchev–Trinajstić information content (AvgIpc) is 2.60. The summed E-state index contributed by atoms with van der Waals surface area (Å²) in [5.74, 6) is 0.